The van der Waals surface area contributed by atoms with Crippen LogP contribution in [0.3, 0.4) is 0 Å². The zero-order valence-electron chi connectivity index (χ0n) is 16.1. The smallest absolute Gasteiger partial charge is 0.256 e. The molecule has 0 fully saturated rings. The number of carbonyl (C=O) groups is 1. The summed E-state index contributed by atoms with van der Waals surface area (Å²) in [7, 11) is 0. The minimum absolute atomic E-state index is 0. The Morgan fingerprint density at radius 3 is 2.41 bits per heavy atom. The van der Waals surface area contributed by atoms with E-state index in [-0.39, 0.29) is 36.1 Å². The SMILES string of the molecule is CC(C)(C)c1ccc(C(=O)Nc2cn3nc(-c4cnco4)ccc3n2)cc1.Cl.Cl. The van der Waals surface area contributed by atoms with Crippen LogP contribution in [0, 0.1) is 0 Å². The number of aromatic nitrogens is 4. The summed E-state index contributed by atoms with van der Waals surface area (Å²) in [5.41, 5.74) is 3.06. The first kappa shape index (κ1) is 22.4. The molecule has 0 aliphatic heterocycles. The molecule has 29 heavy (non-hydrogen) atoms. The van der Waals surface area contributed by atoms with E-state index in [1.165, 1.54) is 12.0 Å². The molecule has 0 saturated carbocycles. The van der Waals surface area contributed by atoms with Crippen molar-refractivity contribution in [2.75, 3.05) is 5.32 Å². The predicted molar refractivity (Wildman–Crippen MR) is 116 cm³/mol. The fourth-order valence-electron chi connectivity index (χ4n) is 2.73. The molecule has 0 bridgehead atoms. The Kier molecular flexibility index (Phi) is 6.66. The van der Waals surface area contributed by atoms with Gasteiger partial charge < -0.3 is 9.73 Å². The molecule has 1 amide bonds. The summed E-state index contributed by atoms with van der Waals surface area (Å²) in [6.07, 6.45) is 4.61. The van der Waals surface area contributed by atoms with Gasteiger partial charge in [0.25, 0.3) is 5.91 Å². The highest BCUT2D eigenvalue weighted by molar-refractivity contribution is 6.03. The molecule has 7 nitrogen and oxygen atoms in total. The van der Waals surface area contributed by atoms with Crippen molar-refractivity contribution < 1.29 is 9.21 Å². The van der Waals surface area contributed by atoms with Crippen molar-refractivity contribution in [3.8, 4) is 11.5 Å². The monoisotopic (exact) mass is 433 g/mol. The number of rotatable bonds is 3. The van der Waals surface area contributed by atoms with Crippen LogP contribution in [0.15, 0.2) is 59.6 Å². The summed E-state index contributed by atoms with van der Waals surface area (Å²) in [5.74, 6) is 0.784. The van der Waals surface area contributed by atoms with Crippen LogP contribution in [0.2, 0.25) is 0 Å². The summed E-state index contributed by atoms with van der Waals surface area (Å²) in [5, 5.41) is 7.24. The third-order valence-corrected chi connectivity index (χ3v) is 4.26. The Morgan fingerprint density at radius 1 is 1.07 bits per heavy atom. The molecule has 9 heteroatoms. The Hall–Kier alpha value is -2.90. The second-order valence-electron chi connectivity index (χ2n) is 7.29. The minimum Gasteiger partial charge on any atom is -0.442 e. The number of carbonyl (C=O) groups excluding carboxylic acids is 1. The standard InChI is InChI=1S/C20H19N5O2.2ClH/c1-20(2,3)14-6-4-13(5-7-14)19(26)23-17-11-25-18(22-17)9-8-15(24-25)16-10-21-12-27-16;;/h4-12H,1-3H3,(H,23,26);2*1H. The van der Waals surface area contributed by atoms with Gasteiger partial charge in [-0.05, 0) is 35.2 Å². The van der Waals surface area contributed by atoms with Crippen molar-refractivity contribution in [2.24, 2.45) is 0 Å². The topological polar surface area (TPSA) is 85.3 Å². The predicted octanol–water partition coefficient (Wildman–Crippen LogP) is 4.78. The third kappa shape index (κ3) is 4.75. The molecule has 0 radical (unpaired) electrons. The first-order valence-corrected chi connectivity index (χ1v) is 8.57. The van der Waals surface area contributed by atoms with Crippen molar-refractivity contribution >= 4 is 42.2 Å². The van der Waals surface area contributed by atoms with Crippen LogP contribution in [0.4, 0.5) is 5.82 Å². The molecule has 1 N–H and O–H groups in total. The van der Waals surface area contributed by atoms with E-state index >= 15 is 0 Å². The number of nitrogens with zero attached hydrogens (tertiary/aromatic N) is 4. The largest absolute Gasteiger partial charge is 0.442 e. The molecule has 4 rings (SSSR count). The number of fused-ring (bicyclic) bond motifs is 1. The molecule has 0 saturated heterocycles. The number of oxazole rings is 1. The molecular formula is C20H21Cl2N5O2. The molecule has 0 atom stereocenters. The van der Waals surface area contributed by atoms with E-state index in [1.807, 2.05) is 24.3 Å². The highest BCUT2D eigenvalue weighted by Crippen LogP contribution is 2.22. The maximum Gasteiger partial charge on any atom is 0.256 e. The molecule has 0 aliphatic carbocycles. The van der Waals surface area contributed by atoms with Gasteiger partial charge in [-0.15, -0.1) is 24.8 Å². The molecule has 0 aliphatic rings. The van der Waals surface area contributed by atoms with Crippen molar-refractivity contribution in [3.63, 3.8) is 0 Å². The Labute approximate surface area is 180 Å². The summed E-state index contributed by atoms with van der Waals surface area (Å²) in [6, 6.07) is 11.2. The average Bonchev–Trinajstić information content (AvgIpc) is 3.29. The second kappa shape index (κ2) is 8.63. The van der Waals surface area contributed by atoms with Crippen LogP contribution in [-0.4, -0.2) is 25.5 Å². The summed E-state index contributed by atoms with van der Waals surface area (Å²) in [4.78, 5) is 20.8. The zero-order chi connectivity index (χ0) is 19.0. The van der Waals surface area contributed by atoms with E-state index in [0.29, 0.717) is 28.5 Å². The Balaban J connectivity index is 0.00000150. The number of halogens is 2. The molecule has 0 spiro atoms. The molecular weight excluding hydrogens is 413 g/mol. The number of nitrogens with one attached hydrogen (secondary N) is 1. The molecule has 3 aromatic heterocycles. The maximum absolute atomic E-state index is 12.5. The summed E-state index contributed by atoms with van der Waals surface area (Å²) < 4.78 is 6.85. The quantitative estimate of drug-likeness (QED) is 0.502. The van der Waals surface area contributed by atoms with Gasteiger partial charge in [0.15, 0.2) is 23.6 Å². The van der Waals surface area contributed by atoms with Gasteiger partial charge in [0.05, 0.1) is 12.4 Å². The highest BCUT2D eigenvalue weighted by atomic mass is 35.5. The molecule has 0 unspecified atom stereocenters. The zero-order valence-corrected chi connectivity index (χ0v) is 17.8. The van der Waals surface area contributed by atoms with E-state index in [2.05, 4.69) is 41.2 Å². The maximum atomic E-state index is 12.5. The van der Waals surface area contributed by atoms with Crippen LogP contribution in [0.1, 0.15) is 36.7 Å². The van der Waals surface area contributed by atoms with Crippen molar-refractivity contribution in [2.45, 2.75) is 26.2 Å². The van der Waals surface area contributed by atoms with E-state index < -0.39 is 0 Å². The van der Waals surface area contributed by atoms with Gasteiger partial charge in [0.1, 0.15) is 5.69 Å². The number of benzene rings is 1. The number of hydrogen-bond donors (Lipinski definition) is 1. The van der Waals surface area contributed by atoms with Gasteiger partial charge in [0, 0.05) is 5.56 Å². The Morgan fingerprint density at radius 2 is 1.79 bits per heavy atom. The lowest BCUT2D eigenvalue weighted by Crippen LogP contribution is -2.14. The normalized spacial score (nSPS) is 10.9. The van der Waals surface area contributed by atoms with Crippen LogP contribution < -0.4 is 5.32 Å². The van der Waals surface area contributed by atoms with Gasteiger partial charge in [-0.25, -0.2) is 14.5 Å². The van der Waals surface area contributed by atoms with E-state index in [9.17, 15) is 4.79 Å². The summed E-state index contributed by atoms with van der Waals surface area (Å²) >= 11 is 0. The second-order valence-corrected chi connectivity index (χ2v) is 7.29. The lowest BCUT2D eigenvalue weighted by Gasteiger charge is -2.18. The minimum atomic E-state index is -0.214. The van der Waals surface area contributed by atoms with Crippen molar-refractivity contribution in [3.05, 3.63) is 66.3 Å². The van der Waals surface area contributed by atoms with Crippen molar-refractivity contribution in [1.29, 1.82) is 0 Å². The third-order valence-electron chi connectivity index (χ3n) is 4.26. The average molecular weight is 434 g/mol. The first-order chi connectivity index (χ1) is 12.9. The number of amides is 1. The van der Waals surface area contributed by atoms with Gasteiger partial charge in [-0.1, -0.05) is 32.9 Å². The summed E-state index contributed by atoms with van der Waals surface area (Å²) in [6.45, 7) is 6.41. The van der Waals surface area contributed by atoms with Gasteiger partial charge in [-0.2, -0.15) is 5.10 Å². The number of hydrogen-bond acceptors (Lipinski definition) is 5. The Bertz CT molecular complexity index is 1100. The van der Waals surface area contributed by atoms with Crippen LogP contribution in [0.25, 0.3) is 17.1 Å². The number of anilines is 1. The van der Waals surface area contributed by atoms with Crippen molar-refractivity contribution in [1.82, 2.24) is 19.6 Å². The van der Waals surface area contributed by atoms with Gasteiger partial charge >= 0.3 is 0 Å². The number of imidazole rings is 1. The molecule has 152 valence electrons. The van der Waals surface area contributed by atoms with E-state index in [1.54, 1.807) is 29.0 Å². The lowest BCUT2D eigenvalue weighted by atomic mass is 9.87. The van der Waals surface area contributed by atoms with E-state index in [4.69, 9.17) is 4.42 Å². The van der Waals surface area contributed by atoms with E-state index in [0.717, 1.165) is 0 Å². The first-order valence-electron chi connectivity index (χ1n) is 8.57. The van der Waals surface area contributed by atoms with Gasteiger partial charge in [0.2, 0.25) is 0 Å². The fourth-order valence-corrected chi connectivity index (χ4v) is 2.73. The fraction of sp³-hybridized carbons (Fsp3) is 0.200. The molecule has 1 aromatic carbocycles. The lowest BCUT2D eigenvalue weighted by molar-refractivity contribution is 0.102. The molecule has 3 heterocycles. The van der Waals surface area contributed by atoms with Gasteiger partial charge in [-0.3, -0.25) is 4.79 Å². The molecule has 4 aromatic rings. The van der Waals surface area contributed by atoms with Crippen LogP contribution in [0.5, 0.6) is 0 Å². The van der Waals surface area contributed by atoms with Crippen LogP contribution in [-0.2, 0) is 5.41 Å². The van der Waals surface area contributed by atoms with Crippen LogP contribution >= 0.6 is 24.8 Å². The highest BCUT2D eigenvalue weighted by Gasteiger charge is 2.15.